The van der Waals surface area contributed by atoms with Gasteiger partial charge in [-0.25, -0.2) is 0 Å². The van der Waals surface area contributed by atoms with Crippen molar-refractivity contribution >= 4 is 27.9 Å². The molecule has 0 heterocycles. The standard InChI is InChI=1S/C5H7BrO3/c1-3(6)5(8)9-4(2)7/h3H,1-2H3. The molecule has 0 saturated heterocycles. The van der Waals surface area contributed by atoms with Crippen LogP contribution in [-0.4, -0.2) is 16.8 Å². The Hall–Kier alpha value is -0.380. The molecule has 3 nitrogen and oxygen atoms in total. The van der Waals surface area contributed by atoms with Gasteiger partial charge in [0.25, 0.3) is 0 Å². The van der Waals surface area contributed by atoms with Crippen molar-refractivity contribution in [3.05, 3.63) is 0 Å². The summed E-state index contributed by atoms with van der Waals surface area (Å²) in [6.07, 6.45) is 0. The molecule has 4 heteroatoms. The molecule has 0 radical (unpaired) electrons. The van der Waals surface area contributed by atoms with E-state index < -0.39 is 16.8 Å². The fourth-order valence-corrected chi connectivity index (χ4v) is 0.316. The van der Waals surface area contributed by atoms with Crippen molar-refractivity contribution < 1.29 is 14.3 Å². The minimum atomic E-state index is -0.577. The van der Waals surface area contributed by atoms with Crippen molar-refractivity contribution in [3.8, 4) is 0 Å². The van der Waals surface area contributed by atoms with E-state index in [2.05, 4.69) is 20.7 Å². The van der Waals surface area contributed by atoms with Crippen LogP contribution in [0, 0.1) is 0 Å². The molecule has 0 N–H and O–H groups in total. The average Bonchev–Trinajstić information content (AvgIpc) is 1.63. The van der Waals surface area contributed by atoms with E-state index in [0.717, 1.165) is 0 Å². The molecule has 0 aromatic carbocycles. The van der Waals surface area contributed by atoms with E-state index in [1.807, 2.05) is 0 Å². The smallest absolute Gasteiger partial charge is 0.327 e. The van der Waals surface area contributed by atoms with Crippen molar-refractivity contribution in [1.29, 1.82) is 0 Å². The average molecular weight is 195 g/mol. The normalized spacial score (nSPS) is 12.3. The van der Waals surface area contributed by atoms with E-state index in [1.54, 1.807) is 6.92 Å². The first-order valence-electron chi connectivity index (χ1n) is 2.40. The molecule has 0 fully saturated rings. The highest BCUT2D eigenvalue weighted by molar-refractivity contribution is 9.10. The Bertz CT molecular complexity index is 130. The van der Waals surface area contributed by atoms with Crippen LogP contribution in [0.3, 0.4) is 0 Å². The molecule has 1 unspecified atom stereocenters. The van der Waals surface area contributed by atoms with Gasteiger partial charge in [0.2, 0.25) is 0 Å². The Kier molecular flexibility index (Phi) is 3.46. The Labute approximate surface area is 61.5 Å². The van der Waals surface area contributed by atoms with Gasteiger partial charge in [0.1, 0.15) is 4.83 Å². The van der Waals surface area contributed by atoms with Crippen molar-refractivity contribution in [1.82, 2.24) is 0 Å². The molecule has 0 amide bonds. The predicted octanol–water partition coefficient (Wildman–Crippen LogP) is 0.859. The minimum Gasteiger partial charge on any atom is -0.393 e. The third kappa shape index (κ3) is 4.14. The Balaban J connectivity index is 3.64. The van der Waals surface area contributed by atoms with Gasteiger partial charge in [0.05, 0.1) is 0 Å². The molecule has 0 saturated carbocycles. The Morgan fingerprint density at radius 2 is 2.00 bits per heavy atom. The van der Waals surface area contributed by atoms with Gasteiger partial charge in [0, 0.05) is 6.92 Å². The second-order valence-corrected chi connectivity index (χ2v) is 2.90. The lowest BCUT2D eigenvalue weighted by Crippen LogP contribution is -2.16. The van der Waals surface area contributed by atoms with Crippen LogP contribution in [0.15, 0.2) is 0 Å². The fourth-order valence-electron chi connectivity index (χ4n) is 0.223. The molecule has 9 heavy (non-hydrogen) atoms. The summed E-state index contributed by atoms with van der Waals surface area (Å²) in [5, 5.41) is 0. The van der Waals surface area contributed by atoms with Gasteiger partial charge in [-0.05, 0) is 6.92 Å². The Morgan fingerprint density at radius 3 is 2.11 bits per heavy atom. The number of hydrogen-bond acceptors (Lipinski definition) is 3. The van der Waals surface area contributed by atoms with E-state index in [0.29, 0.717) is 0 Å². The number of halogens is 1. The summed E-state index contributed by atoms with van der Waals surface area (Å²) in [4.78, 5) is 20.1. The van der Waals surface area contributed by atoms with Crippen LogP contribution in [0.1, 0.15) is 13.8 Å². The van der Waals surface area contributed by atoms with E-state index >= 15 is 0 Å². The van der Waals surface area contributed by atoms with Crippen LogP contribution < -0.4 is 0 Å². The first kappa shape index (κ1) is 8.62. The highest BCUT2D eigenvalue weighted by atomic mass is 79.9. The van der Waals surface area contributed by atoms with E-state index in [4.69, 9.17) is 0 Å². The summed E-state index contributed by atoms with van der Waals surface area (Å²) in [6.45, 7) is 2.78. The first-order chi connectivity index (χ1) is 4.04. The molecule has 0 aliphatic carbocycles. The largest absolute Gasteiger partial charge is 0.393 e. The highest BCUT2D eigenvalue weighted by Gasteiger charge is 2.11. The highest BCUT2D eigenvalue weighted by Crippen LogP contribution is 1.99. The van der Waals surface area contributed by atoms with Crippen molar-refractivity contribution in [2.45, 2.75) is 18.7 Å². The number of rotatable bonds is 1. The van der Waals surface area contributed by atoms with Crippen LogP contribution >= 0.6 is 15.9 Å². The van der Waals surface area contributed by atoms with Crippen molar-refractivity contribution in [3.63, 3.8) is 0 Å². The third-order valence-electron chi connectivity index (χ3n) is 0.569. The number of hydrogen-bond donors (Lipinski definition) is 0. The first-order valence-corrected chi connectivity index (χ1v) is 3.32. The molecule has 0 spiro atoms. The van der Waals surface area contributed by atoms with Gasteiger partial charge in [-0.15, -0.1) is 0 Å². The van der Waals surface area contributed by atoms with Gasteiger partial charge in [0.15, 0.2) is 0 Å². The maximum absolute atomic E-state index is 10.5. The maximum atomic E-state index is 10.5. The lowest BCUT2D eigenvalue weighted by atomic mass is 10.5. The summed E-state index contributed by atoms with van der Waals surface area (Å²) >= 11 is 2.94. The van der Waals surface area contributed by atoms with Crippen LogP contribution in [0.2, 0.25) is 0 Å². The van der Waals surface area contributed by atoms with Crippen LogP contribution in [0.4, 0.5) is 0 Å². The molecule has 0 aromatic heterocycles. The number of ether oxygens (including phenoxy) is 1. The third-order valence-corrected chi connectivity index (χ3v) is 0.943. The van der Waals surface area contributed by atoms with Crippen LogP contribution in [0.25, 0.3) is 0 Å². The Morgan fingerprint density at radius 1 is 1.56 bits per heavy atom. The monoisotopic (exact) mass is 194 g/mol. The van der Waals surface area contributed by atoms with E-state index in [-0.39, 0.29) is 0 Å². The van der Waals surface area contributed by atoms with E-state index in [9.17, 15) is 9.59 Å². The van der Waals surface area contributed by atoms with Gasteiger partial charge in [-0.2, -0.15) is 0 Å². The lowest BCUT2D eigenvalue weighted by Gasteiger charge is -1.98. The van der Waals surface area contributed by atoms with Crippen molar-refractivity contribution in [2.75, 3.05) is 0 Å². The molecular formula is C5H7BrO3. The van der Waals surface area contributed by atoms with Gasteiger partial charge < -0.3 is 4.74 Å². The summed E-state index contributed by atoms with van der Waals surface area (Å²) in [5.41, 5.74) is 0. The molecule has 1 atom stereocenters. The van der Waals surface area contributed by atoms with Crippen molar-refractivity contribution in [2.24, 2.45) is 0 Å². The fraction of sp³-hybridized carbons (Fsp3) is 0.600. The summed E-state index contributed by atoms with van der Waals surface area (Å²) in [5.74, 6) is -1.13. The van der Waals surface area contributed by atoms with E-state index in [1.165, 1.54) is 6.92 Å². The molecule has 0 rings (SSSR count). The zero-order chi connectivity index (χ0) is 7.44. The van der Waals surface area contributed by atoms with Crippen LogP contribution in [0.5, 0.6) is 0 Å². The molecule has 0 aliphatic rings. The quantitative estimate of drug-likeness (QED) is 0.354. The van der Waals surface area contributed by atoms with Gasteiger partial charge in [-0.1, -0.05) is 15.9 Å². The molecule has 0 aromatic rings. The summed E-state index contributed by atoms with van der Waals surface area (Å²) < 4.78 is 4.19. The number of esters is 2. The second kappa shape index (κ2) is 3.61. The number of carbonyl (C=O) groups excluding carboxylic acids is 2. The van der Waals surface area contributed by atoms with Crippen LogP contribution in [-0.2, 0) is 14.3 Å². The number of carbonyl (C=O) groups is 2. The minimum absolute atomic E-state index is 0.415. The predicted molar refractivity (Wildman–Crippen MR) is 35.2 cm³/mol. The topological polar surface area (TPSA) is 43.4 Å². The zero-order valence-corrected chi connectivity index (χ0v) is 6.77. The van der Waals surface area contributed by atoms with Gasteiger partial charge >= 0.3 is 11.9 Å². The second-order valence-electron chi connectivity index (χ2n) is 1.53. The summed E-state index contributed by atoms with van der Waals surface area (Å²) in [7, 11) is 0. The maximum Gasteiger partial charge on any atom is 0.327 e. The molecule has 0 aliphatic heterocycles. The summed E-state index contributed by atoms with van der Waals surface area (Å²) in [6, 6.07) is 0. The molecule has 52 valence electrons. The lowest BCUT2D eigenvalue weighted by molar-refractivity contribution is -0.157. The van der Waals surface area contributed by atoms with Gasteiger partial charge in [-0.3, -0.25) is 9.59 Å². The zero-order valence-electron chi connectivity index (χ0n) is 5.18. The molecule has 0 bridgehead atoms. The number of alkyl halides is 1. The molecular weight excluding hydrogens is 188 g/mol. The SMILES string of the molecule is CC(=O)OC(=O)C(C)Br.